The average molecular weight is 294 g/mol. The molecule has 0 bridgehead atoms. The number of thiophene rings is 1. The first-order valence-corrected chi connectivity index (χ1v) is 7.74. The minimum Gasteiger partial charge on any atom is -0.392 e. The van der Waals surface area contributed by atoms with E-state index in [4.69, 9.17) is 0 Å². The first-order chi connectivity index (χ1) is 9.51. The molecule has 0 saturated heterocycles. The van der Waals surface area contributed by atoms with Crippen LogP contribution in [0.4, 0.5) is 11.8 Å². The van der Waals surface area contributed by atoms with Crippen LogP contribution in [0.15, 0.2) is 6.07 Å². The van der Waals surface area contributed by atoms with Crippen LogP contribution < -0.4 is 10.2 Å². The molecule has 2 aromatic heterocycles. The molecule has 2 N–H and O–H groups in total. The summed E-state index contributed by atoms with van der Waals surface area (Å²) in [5.74, 6) is 1.53. The summed E-state index contributed by atoms with van der Waals surface area (Å²) in [7, 11) is 1.95. The number of anilines is 2. The topological polar surface area (TPSA) is 61.3 Å². The summed E-state index contributed by atoms with van der Waals surface area (Å²) in [5.41, 5.74) is 0. The normalized spacial score (nSPS) is 12.7. The minimum atomic E-state index is -0.392. The smallest absolute Gasteiger partial charge is 0.226 e. The van der Waals surface area contributed by atoms with E-state index >= 15 is 0 Å². The summed E-state index contributed by atoms with van der Waals surface area (Å²) >= 11 is 1.67. The van der Waals surface area contributed by atoms with E-state index in [1.54, 1.807) is 18.3 Å². The van der Waals surface area contributed by atoms with Gasteiger partial charge in [-0.1, -0.05) is 6.92 Å². The number of aliphatic hydroxyl groups excluding tert-OH is 1. The van der Waals surface area contributed by atoms with Gasteiger partial charge in [0, 0.05) is 25.0 Å². The van der Waals surface area contributed by atoms with Crippen molar-refractivity contribution in [2.24, 2.45) is 0 Å². The van der Waals surface area contributed by atoms with Crippen LogP contribution in [0.5, 0.6) is 0 Å². The van der Waals surface area contributed by atoms with E-state index in [1.165, 1.54) is 4.88 Å². The first-order valence-electron chi connectivity index (χ1n) is 6.92. The highest BCUT2D eigenvalue weighted by atomic mass is 32.1. The third kappa shape index (κ3) is 3.37. The maximum atomic E-state index is 9.57. The highest BCUT2D eigenvalue weighted by Gasteiger charge is 2.15. The molecule has 0 spiro atoms. The van der Waals surface area contributed by atoms with Crippen molar-refractivity contribution in [3.05, 3.63) is 10.9 Å². The van der Waals surface area contributed by atoms with Gasteiger partial charge in [-0.2, -0.15) is 4.98 Å². The molecule has 0 amide bonds. The summed E-state index contributed by atoms with van der Waals surface area (Å²) in [5, 5.41) is 13.9. The summed E-state index contributed by atoms with van der Waals surface area (Å²) in [4.78, 5) is 13.4. The molecule has 6 heteroatoms. The molecule has 0 saturated carbocycles. The van der Waals surface area contributed by atoms with Crippen LogP contribution in [0.2, 0.25) is 0 Å². The zero-order valence-electron chi connectivity index (χ0n) is 12.5. The largest absolute Gasteiger partial charge is 0.392 e. The van der Waals surface area contributed by atoms with Crippen molar-refractivity contribution in [3.8, 4) is 0 Å². The van der Waals surface area contributed by atoms with Crippen molar-refractivity contribution in [1.29, 1.82) is 0 Å². The van der Waals surface area contributed by atoms with Gasteiger partial charge in [-0.15, -0.1) is 11.3 Å². The van der Waals surface area contributed by atoms with Gasteiger partial charge in [-0.25, -0.2) is 4.98 Å². The number of rotatable bonds is 6. The van der Waals surface area contributed by atoms with Crippen LogP contribution in [0, 0.1) is 6.92 Å². The number of nitrogens with one attached hydrogen (secondary N) is 1. The Bertz CT molecular complexity index is 582. The highest BCUT2D eigenvalue weighted by molar-refractivity contribution is 7.18. The highest BCUT2D eigenvalue weighted by Crippen LogP contribution is 2.31. The second kappa shape index (κ2) is 6.37. The average Bonchev–Trinajstić information content (AvgIpc) is 2.74. The molecule has 5 nitrogen and oxygen atoms in total. The quantitative estimate of drug-likeness (QED) is 0.857. The van der Waals surface area contributed by atoms with E-state index < -0.39 is 6.10 Å². The van der Waals surface area contributed by atoms with Gasteiger partial charge in [-0.3, -0.25) is 0 Å². The number of hydrogen-bond acceptors (Lipinski definition) is 6. The molecule has 1 unspecified atom stereocenters. The van der Waals surface area contributed by atoms with Gasteiger partial charge < -0.3 is 15.3 Å². The van der Waals surface area contributed by atoms with Gasteiger partial charge in [0.25, 0.3) is 0 Å². The molecule has 0 aliphatic carbocycles. The Balaban J connectivity index is 2.42. The lowest BCUT2D eigenvalue weighted by Crippen LogP contribution is -2.28. The Hall–Kier alpha value is -1.40. The monoisotopic (exact) mass is 294 g/mol. The number of likely N-dealkylation sites (N-methyl/N-ethyl adjacent to an activating group) is 1. The van der Waals surface area contributed by atoms with Gasteiger partial charge in [-0.05, 0) is 26.3 Å². The van der Waals surface area contributed by atoms with Crippen LogP contribution >= 0.6 is 11.3 Å². The maximum Gasteiger partial charge on any atom is 0.226 e. The molecule has 0 aliphatic heterocycles. The van der Waals surface area contributed by atoms with Crippen molar-refractivity contribution < 1.29 is 5.11 Å². The number of aromatic nitrogens is 2. The fourth-order valence-corrected chi connectivity index (χ4v) is 2.99. The fourth-order valence-electron chi connectivity index (χ4n) is 2.12. The van der Waals surface area contributed by atoms with E-state index in [9.17, 15) is 5.11 Å². The van der Waals surface area contributed by atoms with E-state index in [1.807, 2.05) is 11.9 Å². The molecule has 0 radical (unpaired) electrons. The molecule has 0 aliphatic rings. The van der Waals surface area contributed by atoms with Gasteiger partial charge in [0.2, 0.25) is 5.95 Å². The number of nitrogens with zero attached hydrogens (tertiary/aromatic N) is 3. The Morgan fingerprint density at radius 3 is 2.85 bits per heavy atom. The molecule has 110 valence electrons. The number of fused-ring (bicyclic) bond motifs is 1. The third-order valence-corrected chi connectivity index (χ3v) is 3.87. The second-order valence-corrected chi connectivity index (χ2v) is 6.34. The Labute approximate surface area is 123 Å². The molecular weight excluding hydrogens is 272 g/mol. The van der Waals surface area contributed by atoms with Crippen molar-refractivity contribution >= 4 is 33.3 Å². The van der Waals surface area contributed by atoms with Gasteiger partial charge in [0.1, 0.15) is 10.6 Å². The number of aryl methyl sites for hydroxylation is 1. The molecule has 2 rings (SSSR count). The predicted molar refractivity (Wildman–Crippen MR) is 85.9 cm³/mol. The van der Waals surface area contributed by atoms with Crippen molar-refractivity contribution in [2.75, 3.05) is 30.4 Å². The standard InChI is InChI=1S/C14H22N4OS/c1-5-6-15-14-16-12(18(4)8-9(2)19)11-7-10(3)20-13(11)17-14/h7,9,19H,5-6,8H2,1-4H3,(H,15,16,17). The Morgan fingerprint density at radius 1 is 1.45 bits per heavy atom. The maximum absolute atomic E-state index is 9.57. The summed E-state index contributed by atoms with van der Waals surface area (Å²) < 4.78 is 0. The molecule has 20 heavy (non-hydrogen) atoms. The number of aliphatic hydroxyl groups is 1. The van der Waals surface area contributed by atoms with Crippen LogP contribution in [0.3, 0.4) is 0 Å². The molecule has 0 aromatic carbocycles. The predicted octanol–water partition coefficient (Wildman–Crippen LogP) is 2.64. The lowest BCUT2D eigenvalue weighted by Gasteiger charge is -2.21. The van der Waals surface area contributed by atoms with E-state index in [2.05, 4.69) is 35.2 Å². The van der Waals surface area contributed by atoms with Crippen LogP contribution in [0.1, 0.15) is 25.1 Å². The zero-order valence-corrected chi connectivity index (χ0v) is 13.3. The van der Waals surface area contributed by atoms with Gasteiger partial charge >= 0.3 is 0 Å². The van der Waals surface area contributed by atoms with Crippen molar-refractivity contribution in [2.45, 2.75) is 33.3 Å². The van der Waals surface area contributed by atoms with Crippen molar-refractivity contribution in [3.63, 3.8) is 0 Å². The summed E-state index contributed by atoms with van der Waals surface area (Å²) in [6.07, 6.45) is 0.640. The molecule has 2 heterocycles. The Morgan fingerprint density at radius 2 is 2.20 bits per heavy atom. The number of hydrogen-bond donors (Lipinski definition) is 2. The van der Waals surface area contributed by atoms with Gasteiger partial charge in [0.05, 0.1) is 11.5 Å². The lowest BCUT2D eigenvalue weighted by atomic mass is 10.3. The minimum absolute atomic E-state index is 0.392. The van der Waals surface area contributed by atoms with Crippen LogP contribution in [0.25, 0.3) is 10.2 Å². The molecule has 0 fully saturated rings. The lowest BCUT2D eigenvalue weighted by molar-refractivity contribution is 0.201. The molecule has 1 atom stereocenters. The second-order valence-electron chi connectivity index (χ2n) is 5.10. The fraction of sp³-hybridized carbons (Fsp3) is 0.571. The van der Waals surface area contributed by atoms with E-state index in [0.29, 0.717) is 12.5 Å². The van der Waals surface area contributed by atoms with Crippen LogP contribution in [-0.2, 0) is 0 Å². The molecular formula is C14H22N4OS. The SMILES string of the molecule is CCCNc1nc(N(C)CC(C)O)c2cc(C)sc2n1. The van der Waals surface area contributed by atoms with Gasteiger partial charge in [0.15, 0.2) is 0 Å². The summed E-state index contributed by atoms with van der Waals surface area (Å²) in [6.45, 7) is 7.37. The third-order valence-electron chi connectivity index (χ3n) is 2.93. The van der Waals surface area contributed by atoms with Crippen LogP contribution in [-0.4, -0.2) is 41.3 Å². The zero-order chi connectivity index (χ0) is 14.7. The molecule has 2 aromatic rings. The van der Waals surface area contributed by atoms with E-state index in [0.717, 1.165) is 29.0 Å². The summed E-state index contributed by atoms with van der Waals surface area (Å²) in [6, 6.07) is 2.11. The first kappa shape index (κ1) is 15.0. The van der Waals surface area contributed by atoms with E-state index in [-0.39, 0.29) is 0 Å². The van der Waals surface area contributed by atoms with Crippen molar-refractivity contribution in [1.82, 2.24) is 9.97 Å². The Kier molecular flexibility index (Phi) is 4.77.